The molecule has 0 aromatic rings. The topological polar surface area (TPSA) is 121 Å². The summed E-state index contributed by atoms with van der Waals surface area (Å²) in [4.78, 5) is 18.4. The fourth-order valence-electron chi connectivity index (χ4n) is 0. The number of hydrogen-bond donors (Lipinski definition) is 4. The molecule has 0 saturated heterocycles. The van der Waals surface area contributed by atoms with E-state index >= 15 is 0 Å². The van der Waals surface area contributed by atoms with Crippen LogP contribution in [0.3, 0.4) is 0 Å². The third-order valence-corrected chi connectivity index (χ3v) is 0.310. The molecule has 1 radical (unpaired) electrons. The van der Waals surface area contributed by atoms with Crippen LogP contribution in [-0.4, -0.2) is 40.4 Å². The second-order valence-corrected chi connectivity index (χ2v) is 1.15. The zero-order chi connectivity index (χ0) is 8.57. The second kappa shape index (κ2) is 12.1. The Labute approximate surface area is 73.5 Å². The van der Waals surface area contributed by atoms with Crippen LogP contribution in [0, 0.1) is 0 Å². The van der Waals surface area contributed by atoms with Crippen molar-refractivity contribution in [1.82, 2.24) is 0 Å². The van der Waals surface area contributed by atoms with E-state index in [2.05, 4.69) is 5.73 Å². The zero-order valence-electron chi connectivity index (χ0n) is 5.53. The Hall–Kier alpha value is -0.621. The number of carboxylic acid groups (broad SMARTS) is 2. The molecule has 0 amide bonds. The van der Waals surface area contributed by atoms with Crippen LogP contribution >= 0.6 is 0 Å². The van der Waals surface area contributed by atoms with Gasteiger partial charge in [-0.2, -0.15) is 0 Å². The molecule has 6 nitrogen and oxygen atoms in total. The van der Waals surface area contributed by atoms with Crippen LogP contribution in [0.1, 0.15) is 0 Å². The predicted octanol–water partition coefficient (Wildman–Crippen LogP) is -1.91. The molecular formula is C4H9MnNO5. The zero-order valence-corrected chi connectivity index (χ0v) is 6.71. The fraction of sp³-hybridized carbons (Fsp3) is 0.500. The molecule has 0 unspecified atom stereocenters. The van der Waals surface area contributed by atoms with Gasteiger partial charge in [0.2, 0.25) is 0 Å². The normalized spacial score (nSPS) is 6.73. The van der Waals surface area contributed by atoms with Gasteiger partial charge in [-0.3, -0.25) is 4.79 Å². The molecule has 5 N–H and O–H groups in total. The van der Waals surface area contributed by atoms with Crippen molar-refractivity contribution in [3.05, 3.63) is 0 Å². The summed E-state index contributed by atoms with van der Waals surface area (Å²) in [6, 6.07) is 0. The van der Waals surface area contributed by atoms with Gasteiger partial charge < -0.3 is 21.1 Å². The van der Waals surface area contributed by atoms with Gasteiger partial charge in [0, 0.05) is 17.1 Å². The van der Waals surface area contributed by atoms with E-state index in [0.717, 1.165) is 0 Å². The fourth-order valence-corrected chi connectivity index (χ4v) is 0. The van der Waals surface area contributed by atoms with Gasteiger partial charge in [0.15, 0.2) is 0 Å². The molecule has 0 atom stereocenters. The van der Waals surface area contributed by atoms with Gasteiger partial charge in [-0.15, -0.1) is 0 Å². The van der Waals surface area contributed by atoms with Crippen LogP contribution in [0.25, 0.3) is 0 Å². The summed E-state index contributed by atoms with van der Waals surface area (Å²) in [6.45, 7) is -1.06. The summed E-state index contributed by atoms with van der Waals surface area (Å²) in [5, 5.41) is 22.6. The Balaban J connectivity index is -0.000000107. The van der Waals surface area contributed by atoms with Crippen molar-refractivity contribution in [2.24, 2.45) is 5.73 Å². The van der Waals surface area contributed by atoms with Crippen LogP contribution in [0.4, 0.5) is 0 Å². The van der Waals surface area contributed by atoms with Gasteiger partial charge in [0.05, 0.1) is 6.54 Å². The molecular weight excluding hydrogens is 197 g/mol. The number of carboxylic acids is 2. The monoisotopic (exact) mass is 206 g/mol. The molecule has 0 aromatic heterocycles. The third kappa shape index (κ3) is 44.7. The maximum absolute atomic E-state index is 9.24. The van der Waals surface area contributed by atoms with Crippen molar-refractivity contribution in [1.29, 1.82) is 0 Å². The molecule has 0 heterocycles. The van der Waals surface area contributed by atoms with E-state index in [1.807, 2.05) is 0 Å². The van der Waals surface area contributed by atoms with Crippen LogP contribution in [0.15, 0.2) is 0 Å². The quantitative estimate of drug-likeness (QED) is 0.391. The minimum atomic E-state index is -1.19. The van der Waals surface area contributed by atoms with E-state index in [0.29, 0.717) is 0 Å². The van der Waals surface area contributed by atoms with Gasteiger partial charge >= 0.3 is 11.9 Å². The van der Waals surface area contributed by atoms with Crippen LogP contribution in [0.5, 0.6) is 0 Å². The van der Waals surface area contributed by atoms with E-state index in [-0.39, 0.29) is 23.6 Å². The molecule has 0 aliphatic heterocycles. The molecule has 0 rings (SSSR count). The SMILES string of the molecule is NCC(=O)O.O=C(O)CO.[Mn]. The molecule has 67 valence electrons. The number of aliphatic carboxylic acids is 2. The maximum Gasteiger partial charge on any atom is 0.329 e. The number of nitrogens with two attached hydrogens (primary N) is 1. The molecule has 7 heteroatoms. The maximum atomic E-state index is 9.24. The molecule has 0 aliphatic rings. The van der Waals surface area contributed by atoms with Crippen molar-refractivity contribution in [2.75, 3.05) is 13.2 Å². The van der Waals surface area contributed by atoms with Crippen molar-refractivity contribution >= 4 is 11.9 Å². The van der Waals surface area contributed by atoms with E-state index in [1.165, 1.54) is 0 Å². The Bertz CT molecular complexity index is 103. The van der Waals surface area contributed by atoms with Crippen LogP contribution in [0.2, 0.25) is 0 Å². The summed E-state index contributed by atoms with van der Waals surface area (Å²) in [6.07, 6.45) is 0. The smallest absolute Gasteiger partial charge is 0.329 e. The first-order valence-corrected chi connectivity index (χ1v) is 2.29. The molecule has 0 spiro atoms. The standard InChI is InChI=1S/C2H5NO2.C2H4O3.Mn/c2*3-1-2(4)5;/h1,3H2,(H,4,5);3H,1H2,(H,4,5);. The van der Waals surface area contributed by atoms with Gasteiger partial charge in [-0.05, 0) is 0 Å². The van der Waals surface area contributed by atoms with Gasteiger partial charge in [-0.25, -0.2) is 4.79 Å². The Kier molecular flexibility index (Phi) is 18.4. The predicted molar refractivity (Wildman–Crippen MR) is 31.4 cm³/mol. The van der Waals surface area contributed by atoms with Crippen molar-refractivity contribution in [3.63, 3.8) is 0 Å². The Morgan fingerprint density at radius 3 is 1.36 bits per heavy atom. The van der Waals surface area contributed by atoms with Crippen molar-refractivity contribution in [2.45, 2.75) is 0 Å². The minimum Gasteiger partial charge on any atom is -0.480 e. The Morgan fingerprint density at radius 2 is 1.36 bits per heavy atom. The van der Waals surface area contributed by atoms with Crippen molar-refractivity contribution in [3.8, 4) is 0 Å². The van der Waals surface area contributed by atoms with Crippen LogP contribution in [-0.2, 0) is 26.7 Å². The molecule has 0 fully saturated rings. The largest absolute Gasteiger partial charge is 0.480 e. The van der Waals surface area contributed by atoms with E-state index in [9.17, 15) is 4.79 Å². The third-order valence-electron chi connectivity index (χ3n) is 0.310. The van der Waals surface area contributed by atoms with Gasteiger partial charge in [0.25, 0.3) is 0 Å². The number of carbonyl (C=O) groups is 2. The van der Waals surface area contributed by atoms with E-state index in [4.69, 9.17) is 20.1 Å². The summed E-state index contributed by atoms with van der Waals surface area (Å²) in [7, 11) is 0. The minimum absolute atomic E-state index is 0. The average Bonchev–Trinajstić information content (AvgIpc) is 1.89. The number of hydrogen-bond acceptors (Lipinski definition) is 4. The number of rotatable bonds is 2. The summed E-state index contributed by atoms with van der Waals surface area (Å²) >= 11 is 0. The second-order valence-electron chi connectivity index (χ2n) is 1.15. The average molecular weight is 206 g/mol. The summed E-state index contributed by atoms with van der Waals surface area (Å²) < 4.78 is 0. The molecule has 0 aliphatic carbocycles. The van der Waals surface area contributed by atoms with E-state index < -0.39 is 18.5 Å². The molecule has 0 bridgehead atoms. The molecule has 0 saturated carbocycles. The molecule has 11 heavy (non-hydrogen) atoms. The van der Waals surface area contributed by atoms with Gasteiger partial charge in [-0.1, -0.05) is 0 Å². The molecule has 0 aromatic carbocycles. The number of aliphatic hydroxyl groups excluding tert-OH is 1. The first-order valence-electron chi connectivity index (χ1n) is 2.29. The van der Waals surface area contributed by atoms with Crippen LogP contribution < -0.4 is 5.73 Å². The first-order chi connectivity index (χ1) is 4.54. The summed E-state index contributed by atoms with van der Waals surface area (Å²) in [5.74, 6) is -2.16. The Morgan fingerprint density at radius 1 is 1.18 bits per heavy atom. The van der Waals surface area contributed by atoms with Crippen molar-refractivity contribution < 1.29 is 42.0 Å². The summed E-state index contributed by atoms with van der Waals surface area (Å²) in [5.41, 5.74) is 4.57. The van der Waals surface area contributed by atoms with Gasteiger partial charge in [0.1, 0.15) is 6.61 Å². The number of aliphatic hydroxyl groups is 1. The first kappa shape index (κ1) is 16.8. The van der Waals surface area contributed by atoms with E-state index in [1.54, 1.807) is 0 Å².